The fourth-order valence-corrected chi connectivity index (χ4v) is 5.99. The number of nitrogens with one attached hydrogen (secondary N) is 1. The van der Waals surface area contributed by atoms with Gasteiger partial charge in [-0.15, -0.1) is 0 Å². The van der Waals surface area contributed by atoms with E-state index < -0.39 is 23.4 Å². The number of hydrogen-bond donors (Lipinski definition) is 1. The maximum atomic E-state index is 14.2. The van der Waals surface area contributed by atoms with E-state index in [9.17, 15) is 23.9 Å². The van der Waals surface area contributed by atoms with Gasteiger partial charge in [0.2, 0.25) is 0 Å². The molecule has 0 bridgehead atoms. The Kier molecular flexibility index (Phi) is 10.3. The molecular formula is C30H34ClFN3NaO4. The predicted octanol–water partition coefficient (Wildman–Crippen LogP) is 1.68. The van der Waals surface area contributed by atoms with E-state index in [0.29, 0.717) is 29.9 Å². The van der Waals surface area contributed by atoms with E-state index in [-0.39, 0.29) is 70.6 Å². The Bertz CT molecular complexity index is 1280. The number of aliphatic carboxylic acids is 1. The van der Waals surface area contributed by atoms with E-state index in [4.69, 9.17) is 16.6 Å². The molecule has 0 radical (unpaired) electrons. The van der Waals surface area contributed by atoms with Crippen molar-refractivity contribution in [2.45, 2.75) is 71.5 Å². The SMILES string of the molecule is C[C@H](c1ccc(C(=O)NCCC(=O)[O-])cc1)N1C(=O)C(c2cc(F)cc(Cl)c2)=NC12CCC(C(C)(C)C)CC2.[Na+]. The number of halogens is 2. The van der Waals surface area contributed by atoms with Crippen LogP contribution in [0.5, 0.6) is 0 Å². The van der Waals surface area contributed by atoms with Gasteiger partial charge in [0.15, 0.2) is 0 Å². The molecule has 2 amide bonds. The molecule has 0 unspecified atom stereocenters. The molecule has 1 atom stereocenters. The molecule has 0 aromatic heterocycles. The van der Waals surface area contributed by atoms with Crippen LogP contribution in [0.4, 0.5) is 4.39 Å². The monoisotopic (exact) mass is 577 g/mol. The van der Waals surface area contributed by atoms with Crippen LogP contribution in [-0.2, 0) is 9.59 Å². The normalized spacial score (nSPS) is 21.6. The second kappa shape index (κ2) is 12.7. The van der Waals surface area contributed by atoms with Crippen LogP contribution in [0.15, 0.2) is 47.5 Å². The molecule has 2 aromatic rings. The number of aliphatic imine (C=N–C) groups is 1. The molecule has 0 saturated heterocycles. The summed E-state index contributed by atoms with van der Waals surface area (Å²) < 4.78 is 14.2. The molecular weight excluding hydrogens is 544 g/mol. The molecule has 4 rings (SSSR count). The van der Waals surface area contributed by atoms with Crippen molar-refractivity contribution >= 4 is 35.1 Å². The van der Waals surface area contributed by atoms with Gasteiger partial charge in [-0.05, 0) is 79.8 Å². The second-order valence-corrected chi connectivity index (χ2v) is 12.0. The Morgan fingerprint density at radius 3 is 2.35 bits per heavy atom. The zero-order valence-electron chi connectivity index (χ0n) is 23.7. The molecule has 1 aliphatic heterocycles. The summed E-state index contributed by atoms with van der Waals surface area (Å²) in [5.41, 5.74) is 1.15. The van der Waals surface area contributed by atoms with Gasteiger partial charge in [0, 0.05) is 35.1 Å². The van der Waals surface area contributed by atoms with Crippen molar-refractivity contribution < 1.29 is 53.4 Å². The maximum absolute atomic E-state index is 14.2. The molecule has 1 fully saturated rings. The van der Waals surface area contributed by atoms with Gasteiger partial charge in [-0.3, -0.25) is 14.6 Å². The van der Waals surface area contributed by atoms with Crippen LogP contribution in [0.3, 0.4) is 0 Å². The second-order valence-electron chi connectivity index (χ2n) is 11.6. The Morgan fingerprint density at radius 2 is 1.80 bits per heavy atom. The van der Waals surface area contributed by atoms with Crippen LogP contribution in [0, 0.1) is 17.2 Å². The standard InChI is InChI=1S/C30H35ClFN3O4.Na/c1-18(19-5-7-20(8-6-19)27(38)33-14-11-25(36)37)35-28(39)26(21-15-23(31)17-24(32)16-21)34-30(35)12-9-22(10-13-30)29(2,3)4;/h5-8,15-18,22H,9-14H2,1-4H3,(H,33,38)(H,36,37);/q;+1/p-1/t18-,22?,30?;/m1./s1. The van der Waals surface area contributed by atoms with Crippen LogP contribution in [0.1, 0.15) is 87.3 Å². The van der Waals surface area contributed by atoms with E-state index in [2.05, 4.69) is 26.1 Å². The van der Waals surface area contributed by atoms with E-state index in [0.717, 1.165) is 18.4 Å². The number of carbonyl (C=O) groups excluding carboxylic acids is 3. The van der Waals surface area contributed by atoms with Crippen LogP contribution in [0.25, 0.3) is 0 Å². The minimum absolute atomic E-state index is 0. The predicted molar refractivity (Wildman–Crippen MR) is 146 cm³/mol. The van der Waals surface area contributed by atoms with Gasteiger partial charge in [0.1, 0.15) is 17.2 Å². The molecule has 1 saturated carbocycles. The van der Waals surface area contributed by atoms with E-state index >= 15 is 0 Å². The molecule has 2 aliphatic rings. The number of benzene rings is 2. The molecule has 1 N–H and O–H groups in total. The Labute approximate surface area is 261 Å². The van der Waals surface area contributed by atoms with Crippen molar-refractivity contribution in [2.24, 2.45) is 16.3 Å². The van der Waals surface area contributed by atoms with Crippen molar-refractivity contribution in [3.63, 3.8) is 0 Å². The number of carboxylic acid groups (broad SMARTS) is 1. The van der Waals surface area contributed by atoms with Gasteiger partial charge in [0.05, 0.1) is 6.04 Å². The van der Waals surface area contributed by atoms with Crippen LogP contribution < -0.4 is 40.0 Å². The topological polar surface area (TPSA) is 102 Å². The molecule has 1 heterocycles. The Balaban J connectivity index is 0.00000441. The maximum Gasteiger partial charge on any atom is 1.00 e. The number of carbonyl (C=O) groups is 3. The quantitative estimate of drug-likeness (QED) is 0.506. The summed E-state index contributed by atoms with van der Waals surface area (Å²) in [6.07, 6.45) is 2.93. The van der Waals surface area contributed by atoms with Gasteiger partial charge in [-0.25, -0.2) is 4.39 Å². The molecule has 40 heavy (non-hydrogen) atoms. The fourth-order valence-electron chi connectivity index (χ4n) is 5.77. The largest absolute Gasteiger partial charge is 1.00 e. The van der Waals surface area contributed by atoms with Gasteiger partial charge in [-0.2, -0.15) is 0 Å². The molecule has 1 aliphatic carbocycles. The summed E-state index contributed by atoms with van der Waals surface area (Å²) >= 11 is 6.12. The molecule has 10 heteroatoms. The summed E-state index contributed by atoms with van der Waals surface area (Å²) in [6.45, 7) is 8.60. The third-order valence-electron chi connectivity index (χ3n) is 7.99. The van der Waals surface area contributed by atoms with Gasteiger partial charge in [0.25, 0.3) is 11.8 Å². The average molecular weight is 578 g/mol. The van der Waals surface area contributed by atoms with E-state index in [1.807, 2.05) is 11.8 Å². The summed E-state index contributed by atoms with van der Waals surface area (Å²) in [5, 5.41) is 13.4. The number of amides is 2. The van der Waals surface area contributed by atoms with Crippen molar-refractivity contribution in [3.05, 3.63) is 70.0 Å². The number of hydrogen-bond acceptors (Lipinski definition) is 5. The molecule has 1 spiro atoms. The van der Waals surface area contributed by atoms with Crippen molar-refractivity contribution in [3.8, 4) is 0 Å². The minimum atomic E-state index is -1.23. The molecule has 208 valence electrons. The summed E-state index contributed by atoms with van der Waals surface area (Å²) in [4.78, 5) is 43.7. The van der Waals surface area contributed by atoms with Crippen LogP contribution in [0.2, 0.25) is 5.02 Å². The summed E-state index contributed by atoms with van der Waals surface area (Å²) in [6, 6.07) is 10.6. The average Bonchev–Trinajstić information content (AvgIpc) is 3.13. The van der Waals surface area contributed by atoms with Gasteiger partial charge in [-0.1, -0.05) is 44.5 Å². The van der Waals surface area contributed by atoms with Crippen LogP contribution in [-0.4, -0.2) is 40.6 Å². The number of rotatable bonds is 7. The Morgan fingerprint density at radius 1 is 1.18 bits per heavy atom. The number of nitrogens with zero attached hydrogens (tertiary/aromatic N) is 2. The molecule has 2 aromatic carbocycles. The van der Waals surface area contributed by atoms with E-state index in [1.54, 1.807) is 30.3 Å². The van der Waals surface area contributed by atoms with Gasteiger partial charge >= 0.3 is 29.6 Å². The first-order valence-corrected chi connectivity index (χ1v) is 13.7. The van der Waals surface area contributed by atoms with Crippen LogP contribution >= 0.6 is 11.6 Å². The summed E-state index contributed by atoms with van der Waals surface area (Å²) in [5.74, 6) is -1.94. The van der Waals surface area contributed by atoms with Crippen molar-refractivity contribution in [1.29, 1.82) is 0 Å². The first kappa shape index (κ1) is 32.3. The first-order chi connectivity index (χ1) is 18.3. The Hall–Kier alpha value is -2.26. The zero-order valence-corrected chi connectivity index (χ0v) is 26.5. The van der Waals surface area contributed by atoms with Crippen molar-refractivity contribution in [1.82, 2.24) is 10.2 Å². The third kappa shape index (κ3) is 6.96. The molecule has 7 nitrogen and oxygen atoms in total. The third-order valence-corrected chi connectivity index (χ3v) is 8.21. The zero-order chi connectivity index (χ0) is 28.5. The van der Waals surface area contributed by atoms with Crippen molar-refractivity contribution in [2.75, 3.05) is 6.54 Å². The smallest absolute Gasteiger partial charge is 0.550 e. The fraction of sp³-hybridized carbons (Fsp3) is 0.467. The first-order valence-electron chi connectivity index (χ1n) is 13.3. The number of carboxylic acids is 1. The van der Waals surface area contributed by atoms with Gasteiger partial charge < -0.3 is 20.1 Å². The summed E-state index contributed by atoms with van der Waals surface area (Å²) in [7, 11) is 0. The minimum Gasteiger partial charge on any atom is -0.550 e. The van der Waals surface area contributed by atoms with E-state index in [1.165, 1.54) is 12.1 Å².